The molecule has 2 aromatic carbocycles. The van der Waals surface area contributed by atoms with E-state index in [0.29, 0.717) is 17.0 Å². The summed E-state index contributed by atoms with van der Waals surface area (Å²) in [5.74, 6) is -0.218. The second kappa shape index (κ2) is 7.21. The van der Waals surface area contributed by atoms with Crippen LogP contribution in [-0.2, 0) is 6.42 Å². The van der Waals surface area contributed by atoms with E-state index in [-0.39, 0.29) is 11.9 Å². The first-order valence-corrected chi connectivity index (χ1v) is 7.70. The van der Waals surface area contributed by atoms with Crippen molar-refractivity contribution in [2.75, 3.05) is 6.54 Å². The average molecular weight is 357 g/mol. The van der Waals surface area contributed by atoms with Crippen molar-refractivity contribution in [3.8, 4) is 0 Å². The van der Waals surface area contributed by atoms with Gasteiger partial charge in [0.15, 0.2) is 0 Å². The molecule has 0 saturated carbocycles. The van der Waals surface area contributed by atoms with Crippen LogP contribution in [0, 0.1) is 5.82 Å². The number of hydrogen-bond acceptors (Lipinski definition) is 1. The minimum absolute atomic E-state index is 0.0449. The first kappa shape index (κ1) is 15.5. The highest BCUT2D eigenvalue weighted by Gasteiger charge is 2.16. The van der Waals surface area contributed by atoms with Gasteiger partial charge in [0.25, 0.3) is 0 Å². The van der Waals surface area contributed by atoms with Gasteiger partial charge in [0.2, 0.25) is 0 Å². The zero-order valence-corrected chi connectivity index (χ0v) is 13.5. The Kier molecular flexibility index (Phi) is 5.58. The van der Waals surface area contributed by atoms with Gasteiger partial charge in [-0.3, -0.25) is 0 Å². The predicted molar refractivity (Wildman–Crippen MR) is 85.7 cm³/mol. The average Bonchev–Trinajstić information content (AvgIpc) is 2.43. The molecule has 0 amide bonds. The molecule has 0 bridgehead atoms. The van der Waals surface area contributed by atoms with Gasteiger partial charge in [-0.1, -0.05) is 52.7 Å². The number of likely N-dealkylation sites (N-methyl/N-ethyl adjacent to an activating group) is 1. The van der Waals surface area contributed by atoms with Gasteiger partial charge in [-0.05, 0) is 48.4 Å². The Morgan fingerprint density at radius 1 is 1.25 bits per heavy atom. The fraction of sp³-hybridized carbons (Fsp3) is 0.250. The van der Waals surface area contributed by atoms with E-state index in [1.807, 2.05) is 31.2 Å². The molecule has 0 fully saturated rings. The second-order valence-corrected chi connectivity index (χ2v) is 5.86. The molecule has 1 nitrogen and oxygen atoms in total. The molecule has 106 valence electrons. The van der Waals surface area contributed by atoms with E-state index >= 15 is 0 Å². The van der Waals surface area contributed by atoms with Crippen molar-refractivity contribution in [2.45, 2.75) is 19.4 Å². The van der Waals surface area contributed by atoms with E-state index in [9.17, 15) is 4.39 Å². The summed E-state index contributed by atoms with van der Waals surface area (Å²) in [6, 6.07) is 12.7. The van der Waals surface area contributed by atoms with Gasteiger partial charge in [-0.2, -0.15) is 0 Å². The van der Waals surface area contributed by atoms with Crippen molar-refractivity contribution in [1.82, 2.24) is 5.32 Å². The molecule has 0 heterocycles. The fourth-order valence-corrected chi connectivity index (χ4v) is 2.97. The van der Waals surface area contributed by atoms with Crippen LogP contribution in [0.2, 0.25) is 5.02 Å². The van der Waals surface area contributed by atoms with Crippen LogP contribution in [0.3, 0.4) is 0 Å². The number of rotatable bonds is 5. The summed E-state index contributed by atoms with van der Waals surface area (Å²) in [4.78, 5) is 0. The quantitative estimate of drug-likeness (QED) is 0.782. The standard InChI is InChI=1S/C16H16BrClFN/c1-2-20-16(13-5-3-4-6-14(13)17)10-11-9-12(18)7-8-15(11)19/h3-9,16,20H,2,10H2,1H3. The molecule has 0 saturated heterocycles. The molecule has 1 atom stereocenters. The predicted octanol–water partition coefficient (Wildman–Crippen LogP) is 5.13. The smallest absolute Gasteiger partial charge is 0.126 e. The summed E-state index contributed by atoms with van der Waals surface area (Å²) in [7, 11) is 0. The summed E-state index contributed by atoms with van der Waals surface area (Å²) in [6.07, 6.45) is 0.558. The van der Waals surface area contributed by atoms with Gasteiger partial charge in [0.1, 0.15) is 5.82 Å². The highest BCUT2D eigenvalue weighted by molar-refractivity contribution is 9.10. The van der Waals surface area contributed by atoms with E-state index in [1.165, 1.54) is 6.07 Å². The minimum Gasteiger partial charge on any atom is -0.310 e. The van der Waals surface area contributed by atoms with E-state index < -0.39 is 0 Å². The maximum Gasteiger partial charge on any atom is 0.126 e. The van der Waals surface area contributed by atoms with Crippen LogP contribution in [-0.4, -0.2) is 6.54 Å². The van der Waals surface area contributed by atoms with Crippen LogP contribution in [0.5, 0.6) is 0 Å². The minimum atomic E-state index is -0.218. The Hall–Kier alpha value is -0.900. The Balaban J connectivity index is 2.30. The topological polar surface area (TPSA) is 12.0 Å². The lowest BCUT2D eigenvalue weighted by molar-refractivity contribution is 0.526. The van der Waals surface area contributed by atoms with Gasteiger partial charge in [-0.15, -0.1) is 0 Å². The molecule has 20 heavy (non-hydrogen) atoms. The van der Waals surface area contributed by atoms with Gasteiger partial charge < -0.3 is 5.32 Å². The van der Waals surface area contributed by atoms with Gasteiger partial charge in [0.05, 0.1) is 0 Å². The van der Waals surface area contributed by atoms with Crippen LogP contribution in [0.25, 0.3) is 0 Å². The summed E-state index contributed by atoms with van der Waals surface area (Å²) < 4.78 is 14.9. The molecule has 0 aliphatic carbocycles. The monoisotopic (exact) mass is 355 g/mol. The van der Waals surface area contributed by atoms with Crippen LogP contribution in [0.4, 0.5) is 4.39 Å². The lowest BCUT2D eigenvalue weighted by Gasteiger charge is -2.20. The van der Waals surface area contributed by atoms with E-state index in [0.717, 1.165) is 16.6 Å². The molecule has 1 unspecified atom stereocenters. The Labute approximate surface area is 132 Å². The summed E-state index contributed by atoms with van der Waals surface area (Å²) >= 11 is 9.51. The van der Waals surface area contributed by atoms with Crippen molar-refractivity contribution in [1.29, 1.82) is 0 Å². The normalized spacial score (nSPS) is 12.4. The van der Waals surface area contributed by atoms with Crippen molar-refractivity contribution < 1.29 is 4.39 Å². The Morgan fingerprint density at radius 2 is 2.00 bits per heavy atom. The fourth-order valence-electron chi connectivity index (χ4n) is 2.22. The highest BCUT2D eigenvalue weighted by atomic mass is 79.9. The highest BCUT2D eigenvalue weighted by Crippen LogP contribution is 2.27. The lowest BCUT2D eigenvalue weighted by atomic mass is 9.98. The Morgan fingerprint density at radius 3 is 2.70 bits per heavy atom. The molecule has 4 heteroatoms. The van der Waals surface area contributed by atoms with Crippen molar-refractivity contribution in [3.05, 3.63) is 68.9 Å². The molecule has 2 rings (SSSR count). The van der Waals surface area contributed by atoms with Gasteiger partial charge >= 0.3 is 0 Å². The van der Waals surface area contributed by atoms with Crippen LogP contribution >= 0.6 is 27.5 Å². The van der Waals surface area contributed by atoms with Crippen LogP contribution in [0.15, 0.2) is 46.9 Å². The molecule has 0 aliphatic rings. The first-order valence-electron chi connectivity index (χ1n) is 6.53. The van der Waals surface area contributed by atoms with E-state index in [4.69, 9.17) is 11.6 Å². The Bertz CT molecular complexity index is 588. The number of benzene rings is 2. The summed E-state index contributed by atoms with van der Waals surface area (Å²) in [6.45, 7) is 2.85. The van der Waals surface area contributed by atoms with Gasteiger partial charge in [0, 0.05) is 15.5 Å². The molecule has 0 spiro atoms. The van der Waals surface area contributed by atoms with Crippen molar-refractivity contribution >= 4 is 27.5 Å². The third-order valence-electron chi connectivity index (χ3n) is 3.16. The second-order valence-electron chi connectivity index (χ2n) is 4.57. The maximum absolute atomic E-state index is 13.9. The first-order chi connectivity index (χ1) is 9.61. The zero-order chi connectivity index (χ0) is 14.5. The van der Waals surface area contributed by atoms with E-state index in [1.54, 1.807) is 12.1 Å². The molecule has 1 N–H and O–H groups in total. The summed E-state index contributed by atoms with van der Waals surface area (Å²) in [5.41, 5.74) is 1.74. The molecule has 0 radical (unpaired) electrons. The van der Waals surface area contributed by atoms with Crippen LogP contribution in [0.1, 0.15) is 24.1 Å². The molecular formula is C16H16BrClFN. The lowest BCUT2D eigenvalue weighted by Crippen LogP contribution is -2.23. The largest absolute Gasteiger partial charge is 0.310 e. The van der Waals surface area contributed by atoms with Gasteiger partial charge in [-0.25, -0.2) is 4.39 Å². The van der Waals surface area contributed by atoms with E-state index in [2.05, 4.69) is 21.2 Å². The molecular weight excluding hydrogens is 341 g/mol. The third-order valence-corrected chi connectivity index (χ3v) is 4.12. The third kappa shape index (κ3) is 3.81. The van der Waals surface area contributed by atoms with Crippen molar-refractivity contribution in [2.24, 2.45) is 0 Å². The van der Waals surface area contributed by atoms with Crippen LogP contribution < -0.4 is 5.32 Å². The summed E-state index contributed by atoms with van der Waals surface area (Å²) in [5, 5.41) is 3.95. The molecule has 0 aliphatic heterocycles. The molecule has 0 aromatic heterocycles. The number of nitrogens with one attached hydrogen (secondary N) is 1. The van der Waals surface area contributed by atoms with Crippen molar-refractivity contribution in [3.63, 3.8) is 0 Å². The zero-order valence-electron chi connectivity index (χ0n) is 11.2. The number of halogens is 3. The molecule has 2 aromatic rings. The SMILES string of the molecule is CCNC(Cc1cc(Cl)ccc1F)c1ccccc1Br. The number of hydrogen-bond donors (Lipinski definition) is 1. The maximum atomic E-state index is 13.9.